The Morgan fingerprint density at radius 2 is 1.89 bits per heavy atom. The topological polar surface area (TPSA) is 78.5 Å². The summed E-state index contributed by atoms with van der Waals surface area (Å²) in [6.07, 6.45) is 1.54. The molecule has 6 heteroatoms. The Hall–Kier alpha value is -2.11. The van der Waals surface area contributed by atoms with Crippen LogP contribution >= 0.6 is 0 Å². The number of hydrogen-bond donors (Lipinski definition) is 3. The first-order chi connectivity index (χ1) is 8.56. The van der Waals surface area contributed by atoms with Crippen molar-refractivity contribution >= 4 is 17.5 Å². The Bertz CT molecular complexity index is 531. The maximum atomic E-state index is 4.24. The molecule has 0 bridgehead atoms. The summed E-state index contributed by atoms with van der Waals surface area (Å²) in [7, 11) is 0. The van der Waals surface area contributed by atoms with E-state index in [-0.39, 0.29) is 0 Å². The average molecular weight is 246 g/mol. The Morgan fingerprint density at radius 1 is 1.17 bits per heavy atom. The van der Waals surface area contributed by atoms with Gasteiger partial charge in [0.25, 0.3) is 0 Å². The molecular formula is C12H18N6. The molecule has 6 nitrogen and oxygen atoms in total. The monoisotopic (exact) mass is 246 g/mol. The normalized spacial score (nSPS) is 10.7. The fourth-order valence-corrected chi connectivity index (χ4v) is 1.60. The van der Waals surface area contributed by atoms with Crippen LogP contribution < -0.4 is 10.6 Å². The minimum atomic E-state index is 0.332. The largest absolute Gasteiger partial charge is 0.368 e. The molecule has 96 valence electrons. The molecule has 0 atom stereocenters. The van der Waals surface area contributed by atoms with Crippen LogP contribution in [0, 0.1) is 13.8 Å². The van der Waals surface area contributed by atoms with Gasteiger partial charge < -0.3 is 10.6 Å². The molecule has 0 spiro atoms. The van der Waals surface area contributed by atoms with E-state index in [0.29, 0.717) is 6.04 Å². The van der Waals surface area contributed by atoms with E-state index in [4.69, 9.17) is 0 Å². The third kappa shape index (κ3) is 2.77. The SMILES string of the molecule is Cc1cc(Nc2ncnc(NC(C)C)c2C)n[nH]1. The van der Waals surface area contributed by atoms with E-state index < -0.39 is 0 Å². The molecule has 0 unspecified atom stereocenters. The molecule has 18 heavy (non-hydrogen) atoms. The molecule has 0 aliphatic rings. The van der Waals surface area contributed by atoms with Crippen LogP contribution in [0.2, 0.25) is 0 Å². The molecule has 2 rings (SSSR count). The number of nitrogens with zero attached hydrogens (tertiary/aromatic N) is 3. The predicted octanol–water partition coefficient (Wildman–Crippen LogP) is 2.38. The lowest BCUT2D eigenvalue weighted by Crippen LogP contribution is -2.13. The van der Waals surface area contributed by atoms with Crippen LogP contribution in [0.4, 0.5) is 17.5 Å². The second-order valence-corrected chi connectivity index (χ2v) is 4.56. The number of hydrogen-bond acceptors (Lipinski definition) is 5. The van der Waals surface area contributed by atoms with Gasteiger partial charge in [-0.3, -0.25) is 5.10 Å². The summed E-state index contributed by atoms with van der Waals surface area (Å²) in [5, 5.41) is 13.5. The van der Waals surface area contributed by atoms with Crippen LogP contribution in [0.25, 0.3) is 0 Å². The first kappa shape index (κ1) is 12.3. The molecule has 2 aromatic rings. The van der Waals surface area contributed by atoms with Gasteiger partial charge in [0.2, 0.25) is 0 Å². The second kappa shape index (κ2) is 5.03. The summed E-state index contributed by atoms with van der Waals surface area (Å²) in [6.45, 7) is 8.08. The number of aryl methyl sites for hydroxylation is 1. The Kier molecular flexibility index (Phi) is 3.45. The molecule has 2 aromatic heterocycles. The summed E-state index contributed by atoms with van der Waals surface area (Å²) in [6, 6.07) is 2.26. The van der Waals surface area contributed by atoms with Gasteiger partial charge in [0.05, 0.1) is 0 Å². The average Bonchev–Trinajstić information content (AvgIpc) is 2.69. The van der Waals surface area contributed by atoms with Gasteiger partial charge in [0, 0.05) is 23.4 Å². The lowest BCUT2D eigenvalue weighted by molar-refractivity contribution is 0.882. The van der Waals surface area contributed by atoms with Gasteiger partial charge in [-0.05, 0) is 27.7 Å². The highest BCUT2D eigenvalue weighted by molar-refractivity contribution is 5.62. The van der Waals surface area contributed by atoms with E-state index in [1.807, 2.05) is 19.9 Å². The fraction of sp³-hybridized carbons (Fsp3) is 0.417. The number of anilines is 3. The molecule has 0 saturated heterocycles. The van der Waals surface area contributed by atoms with Gasteiger partial charge in [-0.15, -0.1) is 0 Å². The number of H-pyrrole nitrogens is 1. The van der Waals surface area contributed by atoms with Crippen LogP contribution in [0.5, 0.6) is 0 Å². The second-order valence-electron chi connectivity index (χ2n) is 4.56. The van der Waals surface area contributed by atoms with Crippen LogP contribution in [-0.2, 0) is 0 Å². The zero-order valence-corrected chi connectivity index (χ0v) is 11.1. The third-order valence-electron chi connectivity index (χ3n) is 2.46. The Balaban J connectivity index is 2.23. The summed E-state index contributed by atoms with van der Waals surface area (Å²) < 4.78 is 0. The van der Waals surface area contributed by atoms with Gasteiger partial charge in [-0.2, -0.15) is 5.10 Å². The number of aromatic nitrogens is 4. The van der Waals surface area contributed by atoms with Crippen molar-refractivity contribution in [3.63, 3.8) is 0 Å². The molecule has 0 radical (unpaired) electrons. The molecule has 0 saturated carbocycles. The van der Waals surface area contributed by atoms with E-state index in [1.54, 1.807) is 6.33 Å². The first-order valence-electron chi connectivity index (χ1n) is 5.93. The lowest BCUT2D eigenvalue weighted by atomic mass is 10.3. The van der Waals surface area contributed by atoms with Crippen molar-refractivity contribution < 1.29 is 0 Å². The summed E-state index contributed by atoms with van der Waals surface area (Å²) in [5.41, 5.74) is 1.98. The van der Waals surface area contributed by atoms with Crippen molar-refractivity contribution in [1.29, 1.82) is 0 Å². The van der Waals surface area contributed by atoms with Crippen molar-refractivity contribution in [3.05, 3.63) is 23.7 Å². The van der Waals surface area contributed by atoms with Gasteiger partial charge in [-0.1, -0.05) is 0 Å². The van der Waals surface area contributed by atoms with Gasteiger partial charge in [-0.25, -0.2) is 9.97 Å². The predicted molar refractivity (Wildman–Crippen MR) is 72.1 cm³/mol. The molecule has 0 aliphatic heterocycles. The van der Waals surface area contributed by atoms with Gasteiger partial charge in [0.15, 0.2) is 5.82 Å². The highest BCUT2D eigenvalue weighted by Gasteiger charge is 2.09. The van der Waals surface area contributed by atoms with Gasteiger partial charge >= 0.3 is 0 Å². The smallest absolute Gasteiger partial charge is 0.153 e. The zero-order chi connectivity index (χ0) is 13.1. The van der Waals surface area contributed by atoms with Crippen molar-refractivity contribution in [2.45, 2.75) is 33.7 Å². The van der Waals surface area contributed by atoms with E-state index in [1.165, 1.54) is 0 Å². The maximum Gasteiger partial charge on any atom is 0.153 e. The molecule has 0 aliphatic carbocycles. The van der Waals surface area contributed by atoms with Crippen LogP contribution in [0.1, 0.15) is 25.1 Å². The highest BCUT2D eigenvalue weighted by Crippen LogP contribution is 2.21. The number of rotatable bonds is 4. The number of nitrogens with one attached hydrogen (secondary N) is 3. The summed E-state index contributed by atoms with van der Waals surface area (Å²) in [4.78, 5) is 8.47. The van der Waals surface area contributed by atoms with Crippen molar-refractivity contribution in [1.82, 2.24) is 20.2 Å². The molecule has 0 fully saturated rings. The molecule has 0 aromatic carbocycles. The van der Waals surface area contributed by atoms with Crippen molar-refractivity contribution in [2.24, 2.45) is 0 Å². The van der Waals surface area contributed by atoms with Gasteiger partial charge in [0.1, 0.15) is 18.0 Å². The Morgan fingerprint density at radius 3 is 2.50 bits per heavy atom. The molecule has 2 heterocycles. The molecular weight excluding hydrogens is 228 g/mol. The van der Waals surface area contributed by atoms with Crippen LogP contribution in [0.15, 0.2) is 12.4 Å². The van der Waals surface area contributed by atoms with Crippen LogP contribution in [0.3, 0.4) is 0 Å². The summed E-state index contributed by atoms with van der Waals surface area (Å²) in [5.74, 6) is 2.36. The molecule has 0 amide bonds. The molecule has 3 N–H and O–H groups in total. The van der Waals surface area contributed by atoms with E-state index in [0.717, 1.165) is 28.7 Å². The maximum absolute atomic E-state index is 4.24. The van der Waals surface area contributed by atoms with Crippen molar-refractivity contribution in [2.75, 3.05) is 10.6 Å². The first-order valence-corrected chi connectivity index (χ1v) is 5.93. The van der Waals surface area contributed by atoms with Crippen LogP contribution in [-0.4, -0.2) is 26.2 Å². The lowest BCUT2D eigenvalue weighted by Gasteiger charge is -2.13. The zero-order valence-electron chi connectivity index (χ0n) is 11.1. The van der Waals surface area contributed by atoms with E-state index >= 15 is 0 Å². The van der Waals surface area contributed by atoms with E-state index in [2.05, 4.69) is 44.6 Å². The quantitative estimate of drug-likeness (QED) is 0.772. The third-order valence-corrected chi connectivity index (χ3v) is 2.46. The minimum Gasteiger partial charge on any atom is -0.368 e. The standard InChI is InChI=1S/C12H18N6/c1-7(2)15-11-9(4)12(14-6-13-11)16-10-5-8(3)17-18-10/h5-7H,1-4H3,(H3,13,14,15,16,17,18). The Labute approximate surface area is 106 Å². The highest BCUT2D eigenvalue weighted by atomic mass is 15.2. The summed E-state index contributed by atoms with van der Waals surface area (Å²) >= 11 is 0. The van der Waals surface area contributed by atoms with E-state index in [9.17, 15) is 0 Å². The fourth-order valence-electron chi connectivity index (χ4n) is 1.60. The minimum absolute atomic E-state index is 0.332. The number of aromatic amines is 1. The van der Waals surface area contributed by atoms with Crippen molar-refractivity contribution in [3.8, 4) is 0 Å².